The van der Waals surface area contributed by atoms with Crippen molar-refractivity contribution in [1.82, 2.24) is 4.90 Å². The lowest BCUT2D eigenvalue weighted by molar-refractivity contribution is 0.109. The van der Waals surface area contributed by atoms with Gasteiger partial charge in [-0.1, -0.05) is 25.5 Å². The fourth-order valence-corrected chi connectivity index (χ4v) is 2.01. The van der Waals surface area contributed by atoms with E-state index in [1.54, 1.807) is 12.1 Å². The Balaban J connectivity index is 2.79. The van der Waals surface area contributed by atoms with Crippen LogP contribution in [0.15, 0.2) is 18.2 Å². The van der Waals surface area contributed by atoms with E-state index in [0.717, 1.165) is 37.5 Å². The van der Waals surface area contributed by atoms with Crippen molar-refractivity contribution in [3.05, 3.63) is 34.9 Å². The summed E-state index contributed by atoms with van der Waals surface area (Å²) >= 11 is 0. The molecule has 0 N–H and O–H groups in total. The first-order chi connectivity index (χ1) is 8.62. The molecule has 0 aliphatic carbocycles. The molecule has 1 atom stereocenters. The highest BCUT2D eigenvalue weighted by Crippen LogP contribution is 2.13. The maximum Gasteiger partial charge on any atom is 0.150 e. The van der Waals surface area contributed by atoms with Gasteiger partial charge in [0.2, 0.25) is 0 Å². The zero-order valence-corrected chi connectivity index (χ0v) is 11.3. The van der Waals surface area contributed by atoms with Gasteiger partial charge < -0.3 is 0 Å². The first-order valence-electron chi connectivity index (χ1n) is 6.35. The minimum Gasteiger partial charge on any atom is -0.299 e. The van der Waals surface area contributed by atoms with Crippen LogP contribution in [0, 0.1) is 0 Å². The third kappa shape index (κ3) is 3.77. The molecule has 18 heavy (non-hydrogen) atoms. The molecule has 3 heteroatoms. The SMILES string of the molecule is CCCC(C)N(C)Cc1ccc(C=O)c(C=O)c1. The van der Waals surface area contributed by atoms with Crippen molar-refractivity contribution in [2.24, 2.45) is 0 Å². The number of carbonyl (C=O) groups excluding carboxylic acids is 2. The molecule has 0 amide bonds. The molecule has 0 bridgehead atoms. The number of hydrogen-bond donors (Lipinski definition) is 0. The highest BCUT2D eigenvalue weighted by Gasteiger charge is 2.09. The van der Waals surface area contributed by atoms with Gasteiger partial charge in [-0.3, -0.25) is 14.5 Å². The minimum atomic E-state index is 0.456. The van der Waals surface area contributed by atoms with E-state index in [1.165, 1.54) is 0 Å². The summed E-state index contributed by atoms with van der Waals surface area (Å²) in [6.45, 7) is 5.17. The smallest absolute Gasteiger partial charge is 0.150 e. The van der Waals surface area contributed by atoms with Gasteiger partial charge in [0.25, 0.3) is 0 Å². The summed E-state index contributed by atoms with van der Waals surface area (Å²) < 4.78 is 0. The third-order valence-corrected chi connectivity index (χ3v) is 3.30. The summed E-state index contributed by atoms with van der Waals surface area (Å²) in [5.74, 6) is 0. The van der Waals surface area contributed by atoms with E-state index in [2.05, 4.69) is 25.8 Å². The van der Waals surface area contributed by atoms with Crippen LogP contribution in [0.25, 0.3) is 0 Å². The van der Waals surface area contributed by atoms with Gasteiger partial charge in [0.15, 0.2) is 12.6 Å². The van der Waals surface area contributed by atoms with Crippen molar-refractivity contribution >= 4 is 12.6 Å². The zero-order valence-electron chi connectivity index (χ0n) is 11.3. The Labute approximate surface area is 109 Å². The van der Waals surface area contributed by atoms with Gasteiger partial charge in [0, 0.05) is 23.7 Å². The Morgan fingerprint density at radius 1 is 1.22 bits per heavy atom. The van der Waals surface area contributed by atoms with E-state index in [1.807, 2.05) is 6.07 Å². The molecule has 98 valence electrons. The van der Waals surface area contributed by atoms with E-state index < -0.39 is 0 Å². The van der Waals surface area contributed by atoms with Crippen LogP contribution >= 0.6 is 0 Å². The summed E-state index contributed by atoms with van der Waals surface area (Å²) in [5.41, 5.74) is 1.99. The second-order valence-corrected chi connectivity index (χ2v) is 4.75. The molecule has 1 rings (SSSR count). The van der Waals surface area contributed by atoms with Crippen molar-refractivity contribution in [1.29, 1.82) is 0 Å². The van der Waals surface area contributed by atoms with Crippen LogP contribution < -0.4 is 0 Å². The lowest BCUT2D eigenvalue weighted by Gasteiger charge is -2.24. The van der Waals surface area contributed by atoms with Gasteiger partial charge in [0.05, 0.1) is 0 Å². The second-order valence-electron chi connectivity index (χ2n) is 4.75. The lowest BCUT2D eigenvalue weighted by Crippen LogP contribution is -2.28. The van der Waals surface area contributed by atoms with E-state index in [9.17, 15) is 9.59 Å². The summed E-state index contributed by atoms with van der Waals surface area (Å²) in [6, 6.07) is 5.93. The monoisotopic (exact) mass is 247 g/mol. The predicted molar refractivity (Wildman–Crippen MR) is 73.1 cm³/mol. The summed E-state index contributed by atoms with van der Waals surface area (Å²) in [6.07, 6.45) is 3.78. The van der Waals surface area contributed by atoms with Crippen molar-refractivity contribution in [2.45, 2.75) is 39.3 Å². The summed E-state index contributed by atoms with van der Waals surface area (Å²) in [7, 11) is 2.08. The third-order valence-electron chi connectivity index (χ3n) is 3.30. The number of carbonyl (C=O) groups is 2. The molecule has 0 saturated heterocycles. The molecule has 0 fully saturated rings. The zero-order chi connectivity index (χ0) is 13.5. The Morgan fingerprint density at radius 3 is 2.44 bits per heavy atom. The molecule has 1 aromatic rings. The molecule has 0 spiro atoms. The van der Waals surface area contributed by atoms with Crippen molar-refractivity contribution < 1.29 is 9.59 Å². The fourth-order valence-electron chi connectivity index (χ4n) is 2.01. The Bertz CT molecular complexity index is 415. The topological polar surface area (TPSA) is 37.4 Å². The molecule has 0 heterocycles. The number of benzene rings is 1. The largest absolute Gasteiger partial charge is 0.299 e. The van der Waals surface area contributed by atoms with Crippen molar-refractivity contribution in [2.75, 3.05) is 7.05 Å². The van der Waals surface area contributed by atoms with Crippen LogP contribution in [-0.2, 0) is 6.54 Å². The Kier molecular flexibility index (Phi) is 5.72. The van der Waals surface area contributed by atoms with E-state index in [0.29, 0.717) is 17.2 Å². The second kappa shape index (κ2) is 7.07. The van der Waals surface area contributed by atoms with Crippen LogP contribution in [-0.4, -0.2) is 30.6 Å². The van der Waals surface area contributed by atoms with Gasteiger partial charge in [0.1, 0.15) is 0 Å². The molecule has 0 radical (unpaired) electrons. The van der Waals surface area contributed by atoms with Gasteiger partial charge in [-0.05, 0) is 32.0 Å². The molecular formula is C15H21NO2. The van der Waals surface area contributed by atoms with E-state index in [4.69, 9.17) is 0 Å². The molecule has 0 aromatic heterocycles. The normalized spacial score (nSPS) is 12.4. The number of rotatable bonds is 7. The molecule has 0 aliphatic heterocycles. The number of nitrogens with zero attached hydrogens (tertiary/aromatic N) is 1. The average molecular weight is 247 g/mol. The maximum atomic E-state index is 10.9. The van der Waals surface area contributed by atoms with Crippen LogP contribution in [0.1, 0.15) is 53.0 Å². The first kappa shape index (κ1) is 14.6. The predicted octanol–water partition coefficient (Wildman–Crippen LogP) is 2.93. The molecule has 3 nitrogen and oxygen atoms in total. The lowest BCUT2D eigenvalue weighted by atomic mass is 10.0. The number of hydrogen-bond acceptors (Lipinski definition) is 3. The molecule has 1 unspecified atom stereocenters. The van der Waals surface area contributed by atoms with Crippen molar-refractivity contribution in [3.8, 4) is 0 Å². The van der Waals surface area contributed by atoms with E-state index in [-0.39, 0.29) is 0 Å². The minimum absolute atomic E-state index is 0.456. The number of aldehydes is 2. The molecule has 0 saturated carbocycles. The highest BCUT2D eigenvalue weighted by atomic mass is 16.1. The molecule has 1 aromatic carbocycles. The maximum absolute atomic E-state index is 10.9. The summed E-state index contributed by atoms with van der Waals surface area (Å²) in [4.78, 5) is 23.9. The highest BCUT2D eigenvalue weighted by molar-refractivity contribution is 5.90. The van der Waals surface area contributed by atoms with E-state index >= 15 is 0 Å². The average Bonchev–Trinajstić information content (AvgIpc) is 2.38. The standard InChI is InChI=1S/C15H21NO2/c1-4-5-12(2)16(3)9-13-6-7-14(10-17)15(8-13)11-18/h6-8,10-12H,4-5,9H2,1-3H3. The van der Waals surface area contributed by atoms with Gasteiger partial charge in [-0.25, -0.2) is 0 Å². The fraction of sp³-hybridized carbons (Fsp3) is 0.467. The Morgan fingerprint density at radius 2 is 1.89 bits per heavy atom. The summed E-state index contributed by atoms with van der Waals surface area (Å²) in [5, 5.41) is 0. The van der Waals surface area contributed by atoms with Gasteiger partial charge in [-0.2, -0.15) is 0 Å². The first-order valence-corrected chi connectivity index (χ1v) is 6.35. The van der Waals surface area contributed by atoms with Crippen molar-refractivity contribution in [3.63, 3.8) is 0 Å². The van der Waals surface area contributed by atoms with Crippen LogP contribution in [0.5, 0.6) is 0 Å². The Hall–Kier alpha value is -1.48. The molecular weight excluding hydrogens is 226 g/mol. The molecule has 0 aliphatic rings. The van der Waals surface area contributed by atoms with Crippen LogP contribution in [0.3, 0.4) is 0 Å². The quantitative estimate of drug-likeness (QED) is 0.695. The van der Waals surface area contributed by atoms with Gasteiger partial charge >= 0.3 is 0 Å². The van der Waals surface area contributed by atoms with Gasteiger partial charge in [-0.15, -0.1) is 0 Å². The van der Waals surface area contributed by atoms with Crippen LogP contribution in [0.4, 0.5) is 0 Å². The van der Waals surface area contributed by atoms with Crippen LogP contribution in [0.2, 0.25) is 0 Å².